The third kappa shape index (κ3) is 6.27. The van der Waals surface area contributed by atoms with E-state index in [9.17, 15) is 18.4 Å². The molecular weight excluding hydrogens is 373 g/mol. The highest BCUT2D eigenvalue weighted by Gasteiger charge is 2.36. The molecule has 6 heteroatoms. The van der Waals surface area contributed by atoms with Gasteiger partial charge in [0.2, 0.25) is 0 Å². The molecule has 0 saturated carbocycles. The quantitative estimate of drug-likeness (QED) is 0.620. The van der Waals surface area contributed by atoms with E-state index in [1.165, 1.54) is 6.07 Å². The Bertz CT molecular complexity index is 754. The average Bonchev–Trinajstić information content (AvgIpc) is 2.62. The first-order valence-corrected chi connectivity index (χ1v) is 8.54. The largest absolute Gasteiger partial charge is 0.416 e. The molecule has 2 aromatic carbocycles. The second-order valence-electron chi connectivity index (χ2n) is 6.81. The van der Waals surface area contributed by atoms with Crippen LogP contribution in [0.15, 0.2) is 54.6 Å². The summed E-state index contributed by atoms with van der Waals surface area (Å²) in [6.45, 7) is 0.624. The van der Waals surface area contributed by atoms with Crippen LogP contribution in [-0.4, -0.2) is 25.5 Å². The molecule has 2 aromatic rings. The molecule has 2 rings (SSSR count). The fraction of sp³-hybridized carbons (Fsp3) is 0.381. The first-order chi connectivity index (χ1) is 12.3. The average molecular weight is 397 g/mol. The van der Waals surface area contributed by atoms with Crippen molar-refractivity contribution in [2.75, 3.05) is 20.6 Å². The lowest BCUT2D eigenvalue weighted by atomic mass is 9.74. The maximum Gasteiger partial charge on any atom is 0.416 e. The minimum Gasteiger partial charge on any atom is -0.309 e. The Labute approximate surface area is 165 Å². The summed E-state index contributed by atoms with van der Waals surface area (Å²) in [5.41, 5.74) is -0.155. The van der Waals surface area contributed by atoms with Gasteiger partial charge in [-0.1, -0.05) is 48.5 Å². The summed E-state index contributed by atoms with van der Waals surface area (Å²) in [4.78, 5) is 1.95. The fourth-order valence-electron chi connectivity index (χ4n) is 3.00. The Morgan fingerprint density at radius 1 is 0.926 bits per heavy atom. The molecule has 0 aliphatic carbocycles. The van der Waals surface area contributed by atoms with Crippen molar-refractivity contribution in [3.05, 3.63) is 71.3 Å². The van der Waals surface area contributed by atoms with Gasteiger partial charge in [0.05, 0.1) is 17.0 Å². The second-order valence-corrected chi connectivity index (χ2v) is 6.81. The second kappa shape index (κ2) is 9.77. The number of hydrogen-bond acceptors (Lipinski definition) is 2. The molecule has 0 amide bonds. The van der Waals surface area contributed by atoms with Crippen LogP contribution >= 0.6 is 12.4 Å². The monoisotopic (exact) mass is 396 g/mol. The molecule has 0 aliphatic rings. The molecule has 0 spiro atoms. The summed E-state index contributed by atoms with van der Waals surface area (Å²) in [6, 6.07) is 17.3. The normalized spacial score (nSPS) is 13.5. The fourth-order valence-corrected chi connectivity index (χ4v) is 3.00. The number of halogens is 4. The van der Waals surface area contributed by atoms with Gasteiger partial charge >= 0.3 is 6.18 Å². The lowest BCUT2D eigenvalue weighted by molar-refractivity contribution is -0.137. The maximum absolute atomic E-state index is 13.1. The van der Waals surface area contributed by atoms with Crippen molar-refractivity contribution in [2.24, 2.45) is 0 Å². The molecule has 0 saturated heterocycles. The van der Waals surface area contributed by atoms with Gasteiger partial charge in [-0.25, -0.2) is 0 Å². The van der Waals surface area contributed by atoms with Crippen molar-refractivity contribution >= 4 is 12.4 Å². The van der Waals surface area contributed by atoms with E-state index < -0.39 is 17.2 Å². The van der Waals surface area contributed by atoms with Crippen LogP contribution in [0.5, 0.6) is 0 Å². The zero-order valence-corrected chi connectivity index (χ0v) is 16.3. The molecule has 0 aromatic heterocycles. The van der Waals surface area contributed by atoms with Gasteiger partial charge in [-0.2, -0.15) is 18.4 Å². The highest BCUT2D eigenvalue weighted by atomic mass is 35.5. The van der Waals surface area contributed by atoms with Crippen molar-refractivity contribution in [3.63, 3.8) is 0 Å². The van der Waals surface area contributed by atoms with Gasteiger partial charge in [-0.15, -0.1) is 12.4 Å². The van der Waals surface area contributed by atoms with Crippen LogP contribution in [0.25, 0.3) is 0 Å². The molecule has 0 bridgehead atoms. The Hall–Kier alpha value is -2.03. The molecular formula is C21H24ClF3N2. The van der Waals surface area contributed by atoms with Crippen molar-refractivity contribution in [2.45, 2.75) is 30.9 Å². The van der Waals surface area contributed by atoms with Gasteiger partial charge < -0.3 is 4.90 Å². The van der Waals surface area contributed by atoms with E-state index in [1.54, 1.807) is 6.07 Å². The van der Waals surface area contributed by atoms with Gasteiger partial charge in [-0.05, 0) is 57.1 Å². The van der Waals surface area contributed by atoms with Crippen molar-refractivity contribution in [1.82, 2.24) is 4.90 Å². The SMILES string of the molecule is CN(C)CCC(C#N)(CCc1ccccc1)c1cccc(C(F)(F)F)c1.Cl. The van der Waals surface area contributed by atoms with E-state index in [0.29, 0.717) is 31.4 Å². The molecule has 27 heavy (non-hydrogen) atoms. The van der Waals surface area contributed by atoms with E-state index in [2.05, 4.69) is 6.07 Å². The number of hydrogen-bond donors (Lipinski definition) is 0. The molecule has 0 N–H and O–H groups in total. The highest BCUT2D eigenvalue weighted by Crippen LogP contribution is 2.37. The maximum atomic E-state index is 13.1. The zero-order valence-electron chi connectivity index (χ0n) is 15.5. The molecule has 0 fully saturated rings. The van der Waals surface area contributed by atoms with E-state index >= 15 is 0 Å². The number of nitriles is 1. The standard InChI is InChI=1S/C21H23F3N2.ClH/c1-26(2)14-13-20(16-25,12-11-17-7-4-3-5-8-17)18-9-6-10-19(15-18)21(22,23)24;/h3-10,15H,11-14H2,1-2H3;1H. The summed E-state index contributed by atoms with van der Waals surface area (Å²) >= 11 is 0. The predicted octanol–water partition coefficient (Wildman–Crippen LogP) is 5.47. The minimum absolute atomic E-state index is 0. The molecule has 0 heterocycles. The van der Waals surface area contributed by atoms with Crippen molar-refractivity contribution in [3.8, 4) is 6.07 Å². The van der Waals surface area contributed by atoms with E-state index in [-0.39, 0.29) is 12.4 Å². The van der Waals surface area contributed by atoms with Crippen LogP contribution in [0.1, 0.15) is 29.5 Å². The summed E-state index contributed by atoms with van der Waals surface area (Å²) in [7, 11) is 3.79. The molecule has 1 unspecified atom stereocenters. The summed E-state index contributed by atoms with van der Waals surface area (Å²) in [6.07, 6.45) is -2.83. The highest BCUT2D eigenvalue weighted by molar-refractivity contribution is 5.85. The van der Waals surface area contributed by atoms with Crippen molar-refractivity contribution in [1.29, 1.82) is 5.26 Å². The number of rotatable bonds is 7. The first kappa shape index (κ1) is 23.0. The van der Waals surface area contributed by atoms with Crippen LogP contribution in [0.4, 0.5) is 13.2 Å². The lowest BCUT2D eigenvalue weighted by Gasteiger charge is -2.29. The van der Waals surface area contributed by atoms with Crippen LogP contribution < -0.4 is 0 Å². The Kier molecular flexibility index (Phi) is 8.33. The molecule has 2 nitrogen and oxygen atoms in total. The van der Waals surface area contributed by atoms with E-state index in [1.807, 2.05) is 49.3 Å². The molecule has 1 atom stereocenters. The Morgan fingerprint density at radius 2 is 1.56 bits per heavy atom. The van der Waals surface area contributed by atoms with Gasteiger partial charge in [0.1, 0.15) is 0 Å². The van der Waals surface area contributed by atoms with Gasteiger partial charge in [0, 0.05) is 0 Å². The Morgan fingerprint density at radius 3 is 2.11 bits per heavy atom. The number of alkyl halides is 3. The zero-order chi connectivity index (χ0) is 19.2. The summed E-state index contributed by atoms with van der Waals surface area (Å²) < 4.78 is 39.4. The predicted molar refractivity (Wildman–Crippen MR) is 104 cm³/mol. The third-order valence-electron chi connectivity index (χ3n) is 4.63. The van der Waals surface area contributed by atoms with E-state index in [0.717, 1.165) is 17.7 Å². The van der Waals surface area contributed by atoms with Gasteiger partial charge in [0.15, 0.2) is 0 Å². The summed E-state index contributed by atoms with van der Waals surface area (Å²) in [5.74, 6) is 0. The van der Waals surface area contributed by atoms with Crippen molar-refractivity contribution < 1.29 is 13.2 Å². The summed E-state index contributed by atoms with van der Waals surface area (Å²) in [5, 5.41) is 9.96. The topological polar surface area (TPSA) is 27.0 Å². The molecule has 0 radical (unpaired) electrons. The Balaban J connectivity index is 0.00000364. The van der Waals surface area contributed by atoms with Gasteiger partial charge in [0.25, 0.3) is 0 Å². The van der Waals surface area contributed by atoms with Gasteiger partial charge in [-0.3, -0.25) is 0 Å². The first-order valence-electron chi connectivity index (χ1n) is 8.54. The smallest absolute Gasteiger partial charge is 0.309 e. The molecule has 146 valence electrons. The lowest BCUT2D eigenvalue weighted by Crippen LogP contribution is -2.30. The number of aryl methyl sites for hydroxylation is 1. The molecule has 0 aliphatic heterocycles. The number of benzene rings is 2. The van der Waals surface area contributed by atoms with E-state index in [4.69, 9.17) is 0 Å². The third-order valence-corrected chi connectivity index (χ3v) is 4.63. The van der Waals surface area contributed by atoms with Crippen LogP contribution in [0.3, 0.4) is 0 Å². The number of nitrogens with zero attached hydrogens (tertiary/aromatic N) is 2. The van der Waals surface area contributed by atoms with Crippen LogP contribution in [0, 0.1) is 11.3 Å². The minimum atomic E-state index is -4.42. The van der Waals surface area contributed by atoms with Crippen LogP contribution in [0.2, 0.25) is 0 Å². The van der Waals surface area contributed by atoms with Crippen LogP contribution in [-0.2, 0) is 18.0 Å².